The highest BCUT2D eigenvalue weighted by Crippen LogP contribution is 2.00. The highest BCUT2D eigenvalue weighted by atomic mass is 19.1. The maximum Gasteiger partial charge on any atom is 0.0996 e. The molecule has 1 heteroatoms. The van der Waals surface area contributed by atoms with E-state index in [2.05, 4.69) is 6.58 Å². The van der Waals surface area contributed by atoms with E-state index in [1.165, 1.54) is 6.08 Å². The molecular formula is C8H11F. The Bertz CT molecular complexity index is 132. The minimum atomic E-state index is -0.104. The number of hydrogen-bond acceptors (Lipinski definition) is 0. The van der Waals surface area contributed by atoms with Crippen LogP contribution in [0.5, 0.6) is 0 Å². The van der Waals surface area contributed by atoms with Crippen LogP contribution in [0.25, 0.3) is 0 Å². The topological polar surface area (TPSA) is 0 Å². The molecule has 0 fully saturated rings. The fourth-order valence-corrected chi connectivity index (χ4v) is 0.356. The van der Waals surface area contributed by atoms with Crippen LogP contribution in [0.15, 0.2) is 36.7 Å². The largest absolute Gasteiger partial charge is 0.212 e. The standard InChI is InChI=1S/C8H11F/c1-3-5-6-7-8(9)4-2/h3,5-7H,1,4H2,2H3/b6-5-,8-7-. The van der Waals surface area contributed by atoms with Crippen molar-refractivity contribution in [3.05, 3.63) is 36.7 Å². The molecular weight excluding hydrogens is 115 g/mol. The van der Waals surface area contributed by atoms with Gasteiger partial charge in [-0.15, -0.1) is 0 Å². The van der Waals surface area contributed by atoms with Gasteiger partial charge in [-0.1, -0.05) is 31.7 Å². The molecule has 0 aromatic carbocycles. The van der Waals surface area contributed by atoms with Crippen molar-refractivity contribution in [2.45, 2.75) is 13.3 Å². The van der Waals surface area contributed by atoms with Crippen LogP contribution in [0.1, 0.15) is 13.3 Å². The molecule has 0 heterocycles. The molecule has 0 bridgehead atoms. The molecule has 0 atom stereocenters. The first-order valence-electron chi connectivity index (χ1n) is 2.95. The average Bonchev–Trinajstić information content (AvgIpc) is 1.89. The molecule has 0 radical (unpaired) electrons. The minimum absolute atomic E-state index is 0.104. The number of rotatable bonds is 3. The van der Waals surface area contributed by atoms with Gasteiger partial charge in [-0.3, -0.25) is 0 Å². The first kappa shape index (κ1) is 8.15. The lowest BCUT2D eigenvalue weighted by molar-refractivity contribution is 0.604. The molecule has 0 N–H and O–H groups in total. The Hall–Kier alpha value is -0.850. The van der Waals surface area contributed by atoms with Gasteiger partial charge in [0.05, 0.1) is 5.83 Å². The van der Waals surface area contributed by atoms with Crippen molar-refractivity contribution in [1.82, 2.24) is 0 Å². The lowest BCUT2D eigenvalue weighted by Crippen LogP contribution is -1.63. The van der Waals surface area contributed by atoms with Crippen LogP contribution in [0.2, 0.25) is 0 Å². The quantitative estimate of drug-likeness (QED) is 0.510. The van der Waals surface area contributed by atoms with Crippen LogP contribution >= 0.6 is 0 Å². The van der Waals surface area contributed by atoms with E-state index in [1.807, 2.05) is 0 Å². The molecule has 0 unspecified atom stereocenters. The second-order valence-corrected chi connectivity index (χ2v) is 1.59. The van der Waals surface area contributed by atoms with Gasteiger partial charge in [-0.05, 0) is 12.5 Å². The van der Waals surface area contributed by atoms with E-state index in [1.54, 1.807) is 25.2 Å². The second kappa shape index (κ2) is 5.29. The van der Waals surface area contributed by atoms with Crippen molar-refractivity contribution >= 4 is 0 Å². The van der Waals surface area contributed by atoms with Gasteiger partial charge >= 0.3 is 0 Å². The van der Waals surface area contributed by atoms with Crippen LogP contribution in [0, 0.1) is 0 Å². The Kier molecular flexibility index (Phi) is 4.79. The Morgan fingerprint density at radius 3 is 2.67 bits per heavy atom. The molecule has 0 aliphatic heterocycles. The second-order valence-electron chi connectivity index (χ2n) is 1.59. The maximum atomic E-state index is 12.2. The third kappa shape index (κ3) is 5.01. The Balaban J connectivity index is 3.67. The van der Waals surface area contributed by atoms with Crippen molar-refractivity contribution in [2.75, 3.05) is 0 Å². The van der Waals surface area contributed by atoms with E-state index in [0.29, 0.717) is 6.42 Å². The summed E-state index contributed by atoms with van der Waals surface area (Å²) in [6.45, 7) is 5.22. The smallest absolute Gasteiger partial charge is 0.0996 e. The third-order valence-corrected chi connectivity index (χ3v) is 0.862. The van der Waals surface area contributed by atoms with Crippen LogP contribution in [-0.2, 0) is 0 Å². The summed E-state index contributed by atoms with van der Waals surface area (Å²) in [5.74, 6) is -0.104. The Morgan fingerprint density at radius 2 is 2.22 bits per heavy atom. The molecule has 0 aromatic rings. The minimum Gasteiger partial charge on any atom is -0.212 e. The molecule has 0 rings (SSSR count). The van der Waals surface area contributed by atoms with Crippen LogP contribution in [-0.4, -0.2) is 0 Å². The van der Waals surface area contributed by atoms with Gasteiger partial charge in [0, 0.05) is 0 Å². The van der Waals surface area contributed by atoms with Crippen molar-refractivity contribution < 1.29 is 4.39 Å². The SMILES string of the molecule is C=C/C=C\C=C(/F)CC. The lowest BCUT2D eigenvalue weighted by atomic mass is 10.3. The van der Waals surface area contributed by atoms with Crippen LogP contribution in [0.4, 0.5) is 4.39 Å². The molecule has 9 heavy (non-hydrogen) atoms. The van der Waals surface area contributed by atoms with E-state index in [0.717, 1.165) is 0 Å². The monoisotopic (exact) mass is 126 g/mol. The maximum absolute atomic E-state index is 12.2. The molecule has 0 nitrogen and oxygen atoms in total. The summed E-state index contributed by atoms with van der Waals surface area (Å²) in [5, 5.41) is 0. The van der Waals surface area contributed by atoms with Gasteiger partial charge < -0.3 is 0 Å². The van der Waals surface area contributed by atoms with Crippen LogP contribution in [0.3, 0.4) is 0 Å². The first-order chi connectivity index (χ1) is 4.31. The van der Waals surface area contributed by atoms with E-state index < -0.39 is 0 Å². The van der Waals surface area contributed by atoms with Gasteiger partial charge in [0.15, 0.2) is 0 Å². The number of allylic oxidation sites excluding steroid dienone is 5. The zero-order valence-corrected chi connectivity index (χ0v) is 5.60. The van der Waals surface area contributed by atoms with Gasteiger partial charge in [0.1, 0.15) is 0 Å². The summed E-state index contributed by atoms with van der Waals surface area (Å²) in [4.78, 5) is 0. The van der Waals surface area contributed by atoms with E-state index >= 15 is 0 Å². The molecule has 0 saturated heterocycles. The molecule has 0 aromatic heterocycles. The van der Waals surface area contributed by atoms with E-state index in [9.17, 15) is 4.39 Å². The van der Waals surface area contributed by atoms with Crippen molar-refractivity contribution in [3.8, 4) is 0 Å². The molecule has 0 aliphatic rings. The number of halogens is 1. The van der Waals surface area contributed by atoms with E-state index in [-0.39, 0.29) is 5.83 Å². The molecule has 0 spiro atoms. The third-order valence-electron chi connectivity index (χ3n) is 0.862. The van der Waals surface area contributed by atoms with Gasteiger partial charge in [-0.25, -0.2) is 4.39 Å². The van der Waals surface area contributed by atoms with Crippen molar-refractivity contribution in [1.29, 1.82) is 0 Å². The summed E-state index contributed by atoms with van der Waals surface area (Å²) < 4.78 is 12.2. The highest BCUT2D eigenvalue weighted by Gasteiger charge is 1.81. The predicted molar refractivity (Wildman–Crippen MR) is 38.8 cm³/mol. The van der Waals surface area contributed by atoms with Gasteiger partial charge in [0.2, 0.25) is 0 Å². The normalized spacial score (nSPS) is 12.4. The highest BCUT2D eigenvalue weighted by molar-refractivity contribution is 5.11. The first-order valence-corrected chi connectivity index (χ1v) is 2.95. The molecule has 0 saturated carbocycles. The van der Waals surface area contributed by atoms with Crippen LogP contribution < -0.4 is 0 Å². The number of hydrogen-bond donors (Lipinski definition) is 0. The summed E-state index contributed by atoms with van der Waals surface area (Å²) in [6, 6.07) is 0. The predicted octanol–water partition coefficient (Wildman–Crippen LogP) is 2.99. The summed E-state index contributed by atoms with van der Waals surface area (Å²) in [5.41, 5.74) is 0. The van der Waals surface area contributed by atoms with Crippen molar-refractivity contribution in [3.63, 3.8) is 0 Å². The zero-order chi connectivity index (χ0) is 7.11. The van der Waals surface area contributed by atoms with Crippen molar-refractivity contribution in [2.24, 2.45) is 0 Å². The molecule has 50 valence electrons. The Labute approximate surface area is 55.4 Å². The van der Waals surface area contributed by atoms with Gasteiger partial charge in [0.25, 0.3) is 0 Å². The fourth-order valence-electron chi connectivity index (χ4n) is 0.356. The molecule has 0 amide bonds. The summed E-state index contributed by atoms with van der Waals surface area (Å²) >= 11 is 0. The Morgan fingerprint density at radius 1 is 1.56 bits per heavy atom. The average molecular weight is 126 g/mol. The lowest BCUT2D eigenvalue weighted by Gasteiger charge is -1.82. The molecule has 0 aliphatic carbocycles. The van der Waals surface area contributed by atoms with E-state index in [4.69, 9.17) is 0 Å². The fraction of sp³-hybridized carbons (Fsp3) is 0.250. The van der Waals surface area contributed by atoms with Gasteiger partial charge in [-0.2, -0.15) is 0 Å². The summed E-state index contributed by atoms with van der Waals surface area (Å²) in [7, 11) is 0. The summed E-state index contributed by atoms with van der Waals surface area (Å²) in [6.07, 6.45) is 6.82. The zero-order valence-electron chi connectivity index (χ0n) is 5.60.